The van der Waals surface area contributed by atoms with Crippen molar-refractivity contribution in [3.63, 3.8) is 0 Å². The van der Waals surface area contributed by atoms with Crippen molar-refractivity contribution >= 4 is 21.4 Å². The second-order valence-corrected chi connectivity index (χ2v) is 9.99. The van der Waals surface area contributed by atoms with Crippen LogP contribution in [-0.4, -0.2) is 49.3 Å². The largest absolute Gasteiger partial charge is 0.476 e. The number of likely N-dealkylation sites (tertiary alicyclic amines) is 1. The van der Waals surface area contributed by atoms with E-state index in [1.807, 2.05) is 30.3 Å². The van der Waals surface area contributed by atoms with Crippen LogP contribution in [0.2, 0.25) is 5.02 Å². The van der Waals surface area contributed by atoms with Crippen LogP contribution in [0.4, 0.5) is 0 Å². The van der Waals surface area contributed by atoms with E-state index in [9.17, 15) is 8.42 Å². The van der Waals surface area contributed by atoms with E-state index in [0.717, 1.165) is 31.7 Å². The predicted octanol–water partition coefficient (Wildman–Crippen LogP) is 4.61. The minimum atomic E-state index is -3.81. The van der Waals surface area contributed by atoms with Crippen LogP contribution < -0.4 is 4.74 Å². The van der Waals surface area contributed by atoms with E-state index in [1.165, 1.54) is 37.6 Å². The average molecular weight is 460 g/mol. The van der Waals surface area contributed by atoms with Gasteiger partial charge < -0.3 is 9.64 Å². The highest BCUT2D eigenvalue weighted by Crippen LogP contribution is 2.30. The van der Waals surface area contributed by atoms with Gasteiger partial charge >= 0.3 is 0 Å². The van der Waals surface area contributed by atoms with Gasteiger partial charge in [0.1, 0.15) is 0 Å². The summed E-state index contributed by atoms with van der Waals surface area (Å²) in [6, 6.07) is 15.5. The number of benzene rings is 2. The Morgan fingerprint density at radius 3 is 2.39 bits per heavy atom. The molecule has 6 nitrogen and oxygen atoms in total. The van der Waals surface area contributed by atoms with Gasteiger partial charge in [0.25, 0.3) is 5.88 Å². The summed E-state index contributed by atoms with van der Waals surface area (Å²) < 4.78 is 34.1. The van der Waals surface area contributed by atoms with Gasteiger partial charge in [-0.15, -0.1) is 5.10 Å². The zero-order chi connectivity index (χ0) is 21.7. The molecule has 0 bridgehead atoms. The molecule has 1 fully saturated rings. The molecule has 1 aromatic heterocycles. The summed E-state index contributed by atoms with van der Waals surface area (Å²) in [5, 5.41) is 4.93. The van der Waals surface area contributed by atoms with Crippen molar-refractivity contribution in [3.8, 4) is 11.6 Å². The summed E-state index contributed by atoms with van der Waals surface area (Å²) >= 11 is 5.93. The third kappa shape index (κ3) is 5.29. The first-order chi connectivity index (χ1) is 15.0. The molecule has 0 saturated carbocycles. The number of aromatic nitrogens is 2. The smallest absolute Gasteiger partial charge is 0.252 e. The molecular weight excluding hydrogens is 434 g/mol. The average Bonchev–Trinajstić information content (AvgIpc) is 3.24. The van der Waals surface area contributed by atoms with Gasteiger partial charge in [-0.2, -0.15) is 0 Å². The van der Waals surface area contributed by atoms with Gasteiger partial charge in [-0.25, -0.2) is 13.1 Å². The summed E-state index contributed by atoms with van der Waals surface area (Å²) in [6.07, 6.45) is 6.12. The van der Waals surface area contributed by atoms with Gasteiger partial charge in [-0.05, 0) is 68.8 Å². The number of hydrogen-bond donors (Lipinski definition) is 0. The van der Waals surface area contributed by atoms with Gasteiger partial charge in [0.05, 0.1) is 23.4 Å². The van der Waals surface area contributed by atoms with E-state index in [-0.39, 0.29) is 15.7 Å². The molecule has 0 aliphatic carbocycles. The lowest BCUT2D eigenvalue weighted by Crippen LogP contribution is -2.31. The van der Waals surface area contributed by atoms with Gasteiger partial charge in [0.2, 0.25) is 9.84 Å². The van der Waals surface area contributed by atoms with Crippen LogP contribution in [0.15, 0.2) is 70.6 Å². The maximum Gasteiger partial charge on any atom is 0.252 e. The Labute approximate surface area is 188 Å². The molecule has 0 spiro atoms. The first-order valence-corrected chi connectivity index (χ1v) is 12.4. The molecule has 0 unspecified atom stereocenters. The number of halogens is 1. The van der Waals surface area contributed by atoms with Crippen molar-refractivity contribution in [3.05, 3.63) is 65.8 Å². The molecule has 0 N–H and O–H groups in total. The van der Waals surface area contributed by atoms with Crippen molar-refractivity contribution in [1.82, 2.24) is 14.7 Å². The number of hydrogen-bond acceptors (Lipinski definition) is 5. The summed E-state index contributed by atoms with van der Waals surface area (Å²) in [5.41, 5.74) is 0.762. The zero-order valence-corrected chi connectivity index (χ0v) is 18.9. The number of piperidine rings is 1. The normalized spacial score (nSPS) is 15.1. The van der Waals surface area contributed by atoms with E-state index >= 15 is 0 Å². The second kappa shape index (κ2) is 9.85. The highest BCUT2D eigenvalue weighted by molar-refractivity contribution is 7.91. The van der Waals surface area contributed by atoms with Crippen LogP contribution in [-0.2, 0) is 9.84 Å². The molecule has 3 aromatic rings. The minimum Gasteiger partial charge on any atom is -0.476 e. The Morgan fingerprint density at radius 2 is 1.68 bits per heavy atom. The molecule has 31 heavy (non-hydrogen) atoms. The highest BCUT2D eigenvalue weighted by Gasteiger charge is 2.26. The maximum absolute atomic E-state index is 13.3. The zero-order valence-electron chi connectivity index (χ0n) is 17.3. The lowest BCUT2D eigenvalue weighted by molar-refractivity contribution is 0.201. The number of sulfone groups is 1. The first kappa shape index (κ1) is 21.9. The van der Waals surface area contributed by atoms with Crippen LogP contribution in [0.3, 0.4) is 0 Å². The van der Waals surface area contributed by atoms with Crippen LogP contribution in [0, 0.1) is 0 Å². The molecule has 1 aliphatic rings. The monoisotopic (exact) mass is 459 g/mol. The summed E-state index contributed by atoms with van der Waals surface area (Å²) in [5.74, 6) is 0.123. The van der Waals surface area contributed by atoms with E-state index in [4.69, 9.17) is 16.3 Å². The summed E-state index contributed by atoms with van der Waals surface area (Å²) in [6.45, 7) is 3.60. The van der Waals surface area contributed by atoms with Crippen LogP contribution in [0.5, 0.6) is 5.88 Å². The van der Waals surface area contributed by atoms with Crippen LogP contribution >= 0.6 is 11.6 Å². The third-order valence-corrected chi connectivity index (χ3v) is 7.39. The van der Waals surface area contributed by atoms with E-state index in [1.54, 1.807) is 16.8 Å². The SMILES string of the molecule is O=S(=O)(c1ccc(Cl)cc1)c1cn(-c2ccccc2)nc1OCCCN1CCCCC1. The maximum atomic E-state index is 13.3. The van der Waals surface area contributed by atoms with Crippen LogP contribution in [0.1, 0.15) is 25.7 Å². The fraction of sp³-hybridized carbons (Fsp3) is 0.348. The highest BCUT2D eigenvalue weighted by atomic mass is 35.5. The molecule has 1 aliphatic heterocycles. The number of nitrogens with zero attached hydrogens (tertiary/aromatic N) is 3. The fourth-order valence-corrected chi connectivity index (χ4v) is 5.16. The molecule has 8 heteroatoms. The first-order valence-electron chi connectivity index (χ1n) is 10.5. The Kier molecular flexibility index (Phi) is 6.95. The molecule has 2 aromatic carbocycles. The number of para-hydroxylation sites is 1. The van der Waals surface area contributed by atoms with Crippen molar-refractivity contribution in [2.75, 3.05) is 26.2 Å². The molecule has 4 rings (SSSR count). The molecule has 0 atom stereocenters. The van der Waals surface area contributed by atoms with Crippen molar-refractivity contribution in [2.45, 2.75) is 35.5 Å². The lowest BCUT2D eigenvalue weighted by Gasteiger charge is -2.26. The molecule has 164 valence electrons. The lowest BCUT2D eigenvalue weighted by atomic mass is 10.1. The number of ether oxygens (including phenoxy) is 1. The van der Waals surface area contributed by atoms with E-state index in [2.05, 4.69) is 10.00 Å². The number of rotatable bonds is 8. The van der Waals surface area contributed by atoms with Gasteiger partial charge in [-0.3, -0.25) is 0 Å². The quantitative estimate of drug-likeness (QED) is 0.460. The third-order valence-electron chi connectivity index (χ3n) is 5.39. The Balaban J connectivity index is 1.56. The molecule has 1 saturated heterocycles. The fourth-order valence-electron chi connectivity index (χ4n) is 3.72. The predicted molar refractivity (Wildman–Crippen MR) is 121 cm³/mol. The molecule has 2 heterocycles. The van der Waals surface area contributed by atoms with Crippen LogP contribution in [0.25, 0.3) is 5.69 Å². The molecule has 0 amide bonds. The minimum absolute atomic E-state index is 0.0525. The Morgan fingerprint density at radius 1 is 0.968 bits per heavy atom. The summed E-state index contributed by atoms with van der Waals surface area (Å²) in [4.78, 5) is 2.64. The Hall–Kier alpha value is -2.35. The second-order valence-electron chi connectivity index (χ2n) is 7.64. The summed E-state index contributed by atoms with van der Waals surface area (Å²) in [7, 11) is -3.81. The van der Waals surface area contributed by atoms with E-state index in [0.29, 0.717) is 11.6 Å². The van der Waals surface area contributed by atoms with Crippen molar-refractivity contribution in [1.29, 1.82) is 0 Å². The standard InChI is InChI=1S/C23H26ClN3O3S/c24-19-10-12-21(13-11-19)31(28,29)22-18-27(20-8-3-1-4-9-20)25-23(22)30-17-7-16-26-14-5-2-6-15-26/h1,3-4,8-13,18H,2,5-7,14-17H2. The molecular formula is C23H26ClN3O3S. The molecule has 0 radical (unpaired) electrons. The van der Waals surface area contributed by atoms with Crippen molar-refractivity contribution in [2.24, 2.45) is 0 Å². The Bertz CT molecular complexity index is 1090. The van der Waals surface area contributed by atoms with Gasteiger partial charge in [-0.1, -0.05) is 36.2 Å². The van der Waals surface area contributed by atoms with Gasteiger partial charge in [0, 0.05) is 11.6 Å². The topological polar surface area (TPSA) is 64.4 Å². The van der Waals surface area contributed by atoms with Crippen molar-refractivity contribution < 1.29 is 13.2 Å². The van der Waals surface area contributed by atoms with Gasteiger partial charge in [0.15, 0.2) is 4.90 Å². The van der Waals surface area contributed by atoms with E-state index < -0.39 is 9.84 Å².